The van der Waals surface area contributed by atoms with Gasteiger partial charge in [0.2, 0.25) is 0 Å². The normalized spacial score (nSPS) is 15.8. The summed E-state index contributed by atoms with van der Waals surface area (Å²) in [5.41, 5.74) is 5.37. The predicted octanol–water partition coefficient (Wildman–Crippen LogP) is 4.75. The van der Waals surface area contributed by atoms with E-state index in [0.29, 0.717) is 0 Å². The van der Waals surface area contributed by atoms with Crippen LogP contribution >= 0.6 is 0 Å². The van der Waals surface area contributed by atoms with Gasteiger partial charge >= 0.3 is 0 Å². The van der Waals surface area contributed by atoms with E-state index in [1.165, 1.54) is 35.2 Å². The molecule has 1 N–H and O–H groups in total. The second kappa shape index (κ2) is 5.22. The summed E-state index contributed by atoms with van der Waals surface area (Å²) in [6.07, 6.45) is 7.92. The van der Waals surface area contributed by atoms with E-state index in [1.807, 2.05) is 0 Å². The molecule has 1 saturated carbocycles. The average Bonchev–Trinajstić information content (AvgIpc) is 3.13. The molecule has 0 amide bonds. The van der Waals surface area contributed by atoms with Gasteiger partial charge in [0.25, 0.3) is 0 Å². The Kier molecular flexibility index (Phi) is 3.68. The fourth-order valence-corrected chi connectivity index (χ4v) is 2.24. The van der Waals surface area contributed by atoms with E-state index in [0.717, 1.165) is 12.3 Å². The zero-order valence-corrected chi connectivity index (χ0v) is 10.8. The number of nitrogens with one attached hydrogen (secondary N) is 1. The van der Waals surface area contributed by atoms with Crippen molar-refractivity contribution in [3.05, 3.63) is 48.2 Å². The Morgan fingerprint density at radius 2 is 2.24 bits per heavy atom. The third kappa shape index (κ3) is 2.79. The van der Waals surface area contributed by atoms with E-state index in [9.17, 15) is 0 Å². The standard InChI is InChI=1S/C16H21N/c1-4-6-14(13-8-9-13)15-11-12(3)7-10-16(15)17-5-2/h5-7,10-11,13,17H,2,4,8-9H2,1,3H3/b14-6-. The Bertz CT molecular complexity index is 439. The number of aryl methyl sites for hydroxylation is 1. The molecule has 0 aliphatic heterocycles. The Hall–Kier alpha value is -1.50. The van der Waals surface area contributed by atoms with Crippen molar-refractivity contribution in [3.63, 3.8) is 0 Å². The zero-order chi connectivity index (χ0) is 12.3. The van der Waals surface area contributed by atoms with Gasteiger partial charge in [-0.25, -0.2) is 0 Å². The lowest BCUT2D eigenvalue weighted by molar-refractivity contribution is 1.11. The Balaban J connectivity index is 2.42. The molecule has 17 heavy (non-hydrogen) atoms. The highest BCUT2D eigenvalue weighted by atomic mass is 14.8. The summed E-state index contributed by atoms with van der Waals surface area (Å²) in [4.78, 5) is 0. The smallest absolute Gasteiger partial charge is 0.0456 e. The molecule has 1 heteroatoms. The number of benzene rings is 1. The summed E-state index contributed by atoms with van der Waals surface area (Å²) in [6.45, 7) is 8.11. The lowest BCUT2D eigenvalue weighted by Gasteiger charge is -2.13. The number of rotatable bonds is 5. The molecule has 2 rings (SSSR count). The summed E-state index contributed by atoms with van der Waals surface area (Å²) in [7, 11) is 0. The second-order valence-corrected chi connectivity index (χ2v) is 4.74. The first-order chi connectivity index (χ1) is 8.26. The molecule has 0 radical (unpaired) electrons. The van der Waals surface area contributed by atoms with Crippen molar-refractivity contribution in [2.24, 2.45) is 5.92 Å². The van der Waals surface area contributed by atoms with Gasteiger partial charge in [-0.2, -0.15) is 0 Å². The van der Waals surface area contributed by atoms with Gasteiger partial charge < -0.3 is 5.32 Å². The van der Waals surface area contributed by atoms with Crippen LogP contribution in [0.15, 0.2) is 37.1 Å². The highest BCUT2D eigenvalue weighted by Crippen LogP contribution is 2.44. The lowest BCUT2D eigenvalue weighted by atomic mass is 9.96. The van der Waals surface area contributed by atoms with Crippen LogP contribution in [-0.4, -0.2) is 0 Å². The molecule has 1 nitrogen and oxygen atoms in total. The zero-order valence-electron chi connectivity index (χ0n) is 10.8. The van der Waals surface area contributed by atoms with Crippen molar-refractivity contribution in [1.29, 1.82) is 0 Å². The van der Waals surface area contributed by atoms with E-state index in [2.05, 4.69) is 50.0 Å². The molecular formula is C16H21N. The van der Waals surface area contributed by atoms with Crippen LogP contribution < -0.4 is 5.32 Å². The number of allylic oxidation sites excluding steroid dienone is 2. The van der Waals surface area contributed by atoms with Crippen LogP contribution in [0.1, 0.15) is 37.3 Å². The van der Waals surface area contributed by atoms with Crippen molar-refractivity contribution in [3.8, 4) is 0 Å². The summed E-state index contributed by atoms with van der Waals surface area (Å²) >= 11 is 0. The van der Waals surface area contributed by atoms with Gasteiger partial charge in [0.15, 0.2) is 0 Å². The van der Waals surface area contributed by atoms with Gasteiger partial charge in [-0.05, 0) is 56.0 Å². The molecule has 1 aromatic rings. The summed E-state index contributed by atoms with van der Waals surface area (Å²) < 4.78 is 0. The van der Waals surface area contributed by atoms with Crippen LogP contribution in [0.25, 0.3) is 5.57 Å². The third-order valence-electron chi connectivity index (χ3n) is 3.18. The van der Waals surface area contributed by atoms with Crippen LogP contribution in [0, 0.1) is 12.8 Å². The largest absolute Gasteiger partial charge is 0.362 e. The van der Waals surface area contributed by atoms with E-state index < -0.39 is 0 Å². The minimum Gasteiger partial charge on any atom is -0.362 e. The fourth-order valence-electron chi connectivity index (χ4n) is 2.24. The van der Waals surface area contributed by atoms with Crippen LogP contribution in [0.3, 0.4) is 0 Å². The molecule has 0 spiro atoms. The minimum absolute atomic E-state index is 0.780. The first kappa shape index (κ1) is 12.0. The quantitative estimate of drug-likeness (QED) is 0.765. The molecule has 0 unspecified atom stereocenters. The maximum atomic E-state index is 3.75. The molecule has 0 atom stereocenters. The monoisotopic (exact) mass is 227 g/mol. The van der Waals surface area contributed by atoms with Crippen molar-refractivity contribution >= 4 is 11.3 Å². The third-order valence-corrected chi connectivity index (χ3v) is 3.18. The van der Waals surface area contributed by atoms with Gasteiger partial charge in [-0.3, -0.25) is 0 Å². The summed E-state index contributed by atoms with van der Waals surface area (Å²) in [6, 6.07) is 6.58. The summed E-state index contributed by atoms with van der Waals surface area (Å²) in [5.74, 6) is 0.780. The van der Waals surface area contributed by atoms with Crippen molar-refractivity contribution < 1.29 is 0 Å². The van der Waals surface area contributed by atoms with E-state index >= 15 is 0 Å². The van der Waals surface area contributed by atoms with Gasteiger partial charge in [-0.1, -0.05) is 31.2 Å². The van der Waals surface area contributed by atoms with Crippen LogP contribution in [-0.2, 0) is 0 Å². The van der Waals surface area contributed by atoms with Crippen molar-refractivity contribution in [1.82, 2.24) is 0 Å². The SMILES string of the molecule is C=CNc1ccc(C)cc1/C(=C\CC)C1CC1. The minimum atomic E-state index is 0.780. The van der Waals surface area contributed by atoms with E-state index in [1.54, 1.807) is 6.20 Å². The van der Waals surface area contributed by atoms with E-state index in [-0.39, 0.29) is 0 Å². The average molecular weight is 227 g/mol. The van der Waals surface area contributed by atoms with Gasteiger partial charge in [0, 0.05) is 11.3 Å². The highest BCUT2D eigenvalue weighted by molar-refractivity contribution is 5.79. The molecule has 0 bridgehead atoms. The molecule has 0 aromatic heterocycles. The molecule has 1 aromatic carbocycles. The van der Waals surface area contributed by atoms with Crippen molar-refractivity contribution in [2.75, 3.05) is 5.32 Å². The Morgan fingerprint density at radius 1 is 1.47 bits per heavy atom. The first-order valence-corrected chi connectivity index (χ1v) is 6.44. The highest BCUT2D eigenvalue weighted by Gasteiger charge is 2.27. The molecular weight excluding hydrogens is 206 g/mol. The summed E-state index contributed by atoms with van der Waals surface area (Å²) in [5, 5.41) is 3.25. The van der Waals surface area contributed by atoms with E-state index in [4.69, 9.17) is 0 Å². The van der Waals surface area contributed by atoms with Crippen LogP contribution in [0.2, 0.25) is 0 Å². The Labute approximate surface area is 104 Å². The van der Waals surface area contributed by atoms with Gasteiger partial charge in [0.1, 0.15) is 0 Å². The second-order valence-electron chi connectivity index (χ2n) is 4.74. The molecule has 1 aliphatic rings. The van der Waals surface area contributed by atoms with Gasteiger partial charge in [-0.15, -0.1) is 0 Å². The molecule has 0 heterocycles. The molecule has 90 valence electrons. The lowest BCUT2D eigenvalue weighted by Crippen LogP contribution is -1.96. The number of hydrogen-bond acceptors (Lipinski definition) is 1. The Morgan fingerprint density at radius 3 is 2.82 bits per heavy atom. The fraction of sp³-hybridized carbons (Fsp3) is 0.375. The molecule has 0 saturated heterocycles. The van der Waals surface area contributed by atoms with Crippen molar-refractivity contribution in [2.45, 2.75) is 33.1 Å². The van der Waals surface area contributed by atoms with Gasteiger partial charge in [0.05, 0.1) is 0 Å². The predicted molar refractivity (Wildman–Crippen MR) is 76.0 cm³/mol. The number of hydrogen-bond donors (Lipinski definition) is 1. The molecule has 1 aliphatic carbocycles. The first-order valence-electron chi connectivity index (χ1n) is 6.44. The maximum absolute atomic E-state index is 3.75. The topological polar surface area (TPSA) is 12.0 Å². The molecule has 1 fully saturated rings. The maximum Gasteiger partial charge on any atom is 0.0456 e. The van der Waals surface area contributed by atoms with Crippen LogP contribution in [0.4, 0.5) is 5.69 Å². The number of anilines is 1. The van der Waals surface area contributed by atoms with Crippen LogP contribution in [0.5, 0.6) is 0 Å².